The lowest BCUT2D eigenvalue weighted by Gasteiger charge is -2.35. The molecule has 0 radical (unpaired) electrons. The van der Waals surface area contributed by atoms with Gasteiger partial charge in [0, 0.05) is 30.4 Å². The predicted molar refractivity (Wildman–Crippen MR) is 86.2 cm³/mol. The third-order valence-electron chi connectivity index (χ3n) is 4.29. The molecule has 0 aliphatic carbocycles. The summed E-state index contributed by atoms with van der Waals surface area (Å²) in [6.07, 6.45) is 2.52. The van der Waals surface area contributed by atoms with Crippen molar-refractivity contribution in [1.82, 2.24) is 0 Å². The van der Waals surface area contributed by atoms with Gasteiger partial charge >= 0.3 is 0 Å². The number of benzene rings is 2. The summed E-state index contributed by atoms with van der Waals surface area (Å²) in [6, 6.07) is 17.1. The van der Waals surface area contributed by atoms with Crippen molar-refractivity contribution in [3.63, 3.8) is 0 Å². The van der Waals surface area contributed by atoms with Crippen molar-refractivity contribution >= 4 is 11.4 Å². The van der Waals surface area contributed by atoms with Crippen LogP contribution in [-0.4, -0.2) is 13.1 Å². The number of anilines is 2. The lowest BCUT2D eigenvalue weighted by atomic mass is 9.90. The van der Waals surface area contributed by atoms with Crippen molar-refractivity contribution in [2.24, 2.45) is 0 Å². The van der Waals surface area contributed by atoms with Crippen molar-refractivity contribution < 1.29 is 0 Å². The van der Waals surface area contributed by atoms with Gasteiger partial charge in [-0.2, -0.15) is 0 Å². The topological polar surface area (TPSA) is 29.3 Å². The van der Waals surface area contributed by atoms with Gasteiger partial charge in [0.15, 0.2) is 0 Å². The Kier molecular flexibility index (Phi) is 3.64. The van der Waals surface area contributed by atoms with Crippen LogP contribution >= 0.6 is 0 Å². The molecule has 0 amide bonds. The number of para-hydroxylation sites is 1. The van der Waals surface area contributed by atoms with E-state index in [9.17, 15) is 0 Å². The first kappa shape index (κ1) is 13.0. The van der Waals surface area contributed by atoms with E-state index in [1.165, 1.54) is 29.7 Å². The largest absolute Gasteiger partial charge is 0.399 e. The highest BCUT2D eigenvalue weighted by molar-refractivity contribution is 5.54. The number of nitrogens with zero attached hydrogens (tertiary/aromatic N) is 1. The first-order valence-corrected chi connectivity index (χ1v) is 7.40. The quantitative estimate of drug-likeness (QED) is 0.834. The van der Waals surface area contributed by atoms with E-state index in [0.29, 0.717) is 5.92 Å². The molecule has 1 aliphatic heterocycles. The van der Waals surface area contributed by atoms with Gasteiger partial charge in [-0.05, 0) is 49.1 Å². The molecule has 0 aromatic heterocycles. The van der Waals surface area contributed by atoms with Crippen LogP contribution in [0.2, 0.25) is 0 Å². The van der Waals surface area contributed by atoms with Crippen LogP contribution in [0.25, 0.3) is 0 Å². The van der Waals surface area contributed by atoms with Crippen molar-refractivity contribution in [3.05, 3.63) is 59.7 Å². The molecule has 1 aliphatic rings. The third-order valence-corrected chi connectivity index (χ3v) is 4.29. The molecule has 20 heavy (non-hydrogen) atoms. The summed E-state index contributed by atoms with van der Waals surface area (Å²) in [5.41, 5.74) is 10.8. The van der Waals surface area contributed by atoms with Gasteiger partial charge < -0.3 is 10.6 Å². The zero-order valence-electron chi connectivity index (χ0n) is 12.0. The second kappa shape index (κ2) is 5.58. The fourth-order valence-corrected chi connectivity index (χ4v) is 3.15. The second-order valence-electron chi connectivity index (χ2n) is 5.74. The maximum Gasteiger partial charge on any atom is 0.0396 e. The van der Waals surface area contributed by atoms with E-state index in [4.69, 9.17) is 5.73 Å². The second-order valence-corrected chi connectivity index (χ2v) is 5.74. The zero-order valence-corrected chi connectivity index (χ0v) is 12.0. The van der Waals surface area contributed by atoms with E-state index in [-0.39, 0.29) is 0 Å². The minimum absolute atomic E-state index is 0.615. The summed E-state index contributed by atoms with van der Waals surface area (Å²) < 4.78 is 0. The molecule has 104 valence electrons. The minimum atomic E-state index is 0.615. The van der Waals surface area contributed by atoms with Gasteiger partial charge in [0.25, 0.3) is 0 Å². The first-order valence-electron chi connectivity index (χ1n) is 7.40. The molecule has 1 unspecified atom stereocenters. The number of piperidine rings is 1. The van der Waals surface area contributed by atoms with Crippen LogP contribution in [0.15, 0.2) is 48.5 Å². The fourth-order valence-electron chi connectivity index (χ4n) is 3.15. The highest BCUT2D eigenvalue weighted by Crippen LogP contribution is 2.31. The molecule has 2 aromatic carbocycles. The number of hydrogen-bond acceptors (Lipinski definition) is 2. The summed E-state index contributed by atoms with van der Waals surface area (Å²) in [7, 11) is 0. The molecule has 2 aromatic rings. The fraction of sp³-hybridized carbons (Fsp3) is 0.333. The lowest BCUT2D eigenvalue weighted by Crippen LogP contribution is -2.34. The third kappa shape index (κ3) is 2.64. The van der Waals surface area contributed by atoms with Gasteiger partial charge in [0.05, 0.1) is 0 Å². The molecular formula is C18H22N2. The molecule has 2 heteroatoms. The summed E-state index contributed by atoms with van der Waals surface area (Å²) in [5, 5.41) is 0. The molecule has 0 saturated carbocycles. The number of nitrogen functional groups attached to an aromatic ring is 1. The number of rotatable bonds is 2. The Morgan fingerprint density at radius 3 is 2.55 bits per heavy atom. The van der Waals surface area contributed by atoms with E-state index < -0.39 is 0 Å². The summed E-state index contributed by atoms with van der Waals surface area (Å²) in [4.78, 5) is 2.53. The van der Waals surface area contributed by atoms with Crippen LogP contribution in [0.3, 0.4) is 0 Å². The first-order chi connectivity index (χ1) is 9.74. The van der Waals surface area contributed by atoms with E-state index in [1.807, 2.05) is 12.1 Å². The Morgan fingerprint density at radius 1 is 1.05 bits per heavy atom. The molecule has 1 fully saturated rings. The van der Waals surface area contributed by atoms with Crippen LogP contribution in [0.1, 0.15) is 29.9 Å². The van der Waals surface area contributed by atoms with Crippen LogP contribution < -0.4 is 10.6 Å². The molecular weight excluding hydrogens is 244 g/mol. The summed E-state index contributed by atoms with van der Waals surface area (Å²) >= 11 is 0. The average Bonchev–Trinajstić information content (AvgIpc) is 2.49. The van der Waals surface area contributed by atoms with E-state index >= 15 is 0 Å². The smallest absolute Gasteiger partial charge is 0.0396 e. The zero-order chi connectivity index (χ0) is 13.9. The molecule has 3 rings (SSSR count). The number of nitrogens with two attached hydrogens (primary N) is 1. The Morgan fingerprint density at radius 2 is 1.80 bits per heavy atom. The molecule has 1 saturated heterocycles. The summed E-state index contributed by atoms with van der Waals surface area (Å²) in [6.45, 7) is 4.47. The predicted octanol–water partition coefficient (Wildman–Crippen LogP) is 3.96. The van der Waals surface area contributed by atoms with E-state index in [0.717, 1.165) is 18.8 Å². The molecule has 0 spiro atoms. The van der Waals surface area contributed by atoms with Crippen LogP contribution in [0.4, 0.5) is 11.4 Å². The SMILES string of the molecule is Cc1ccccc1N1CCCC(c2ccc(N)cc2)C1. The van der Waals surface area contributed by atoms with Crippen molar-refractivity contribution in [3.8, 4) is 0 Å². The average molecular weight is 266 g/mol. The number of hydrogen-bond donors (Lipinski definition) is 1. The van der Waals surface area contributed by atoms with Gasteiger partial charge in [-0.1, -0.05) is 30.3 Å². The molecule has 2 N–H and O–H groups in total. The van der Waals surface area contributed by atoms with Gasteiger partial charge in [0.2, 0.25) is 0 Å². The normalized spacial score (nSPS) is 19.1. The van der Waals surface area contributed by atoms with Gasteiger partial charge in [-0.15, -0.1) is 0 Å². The van der Waals surface area contributed by atoms with E-state index in [1.54, 1.807) is 0 Å². The van der Waals surface area contributed by atoms with Crippen molar-refractivity contribution in [2.45, 2.75) is 25.7 Å². The van der Waals surface area contributed by atoms with Gasteiger partial charge in [0.1, 0.15) is 0 Å². The maximum absolute atomic E-state index is 5.78. The Labute approximate surface area is 121 Å². The highest BCUT2D eigenvalue weighted by atomic mass is 15.1. The molecule has 1 atom stereocenters. The van der Waals surface area contributed by atoms with Gasteiger partial charge in [-0.25, -0.2) is 0 Å². The highest BCUT2D eigenvalue weighted by Gasteiger charge is 2.22. The monoisotopic (exact) mass is 266 g/mol. The standard InChI is InChI=1S/C18H22N2/c1-14-5-2-3-7-18(14)20-12-4-6-16(13-20)15-8-10-17(19)11-9-15/h2-3,5,7-11,16H,4,6,12-13,19H2,1H3. The maximum atomic E-state index is 5.78. The molecule has 0 bridgehead atoms. The van der Waals surface area contributed by atoms with Crippen molar-refractivity contribution in [1.29, 1.82) is 0 Å². The van der Waals surface area contributed by atoms with Crippen LogP contribution in [0, 0.1) is 6.92 Å². The van der Waals surface area contributed by atoms with Crippen LogP contribution in [-0.2, 0) is 0 Å². The molecule has 2 nitrogen and oxygen atoms in total. The lowest BCUT2D eigenvalue weighted by molar-refractivity contribution is 0.510. The van der Waals surface area contributed by atoms with Crippen LogP contribution in [0.5, 0.6) is 0 Å². The number of aryl methyl sites for hydroxylation is 1. The van der Waals surface area contributed by atoms with E-state index in [2.05, 4.69) is 48.2 Å². The Bertz CT molecular complexity index is 574. The van der Waals surface area contributed by atoms with Crippen molar-refractivity contribution in [2.75, 3.05) is 23.7 Å². The molecule has 1 heterocycles. The Balaban J connectivity index is 1.80. The van der Waals surface area contributed by atoms with Gasteiger partial charge in [-0.3, -0.25) is 0 Å². The Hall–Kier alpha value is -1.96. The summed E-state index contributed by atoms with van der Waals surface area (Å²) in [5.74, 6) is 0.615. The minimum Gasteiger partial charge on any atom is -0.399 e.